The van der Waals surface area contributed by atoms with E-state index in [1.165, 1.54) is 12.4 Å². The molecular weight excluding hydrogens is 248 g/mol. The summed E-state index contributed by atoms with van der Waals surface area (Å²) in [6.07, 6.45) is 2.75. The molecule has 14 heavy (non-hydrogen) atoms. The van der Waals surface area contributed by atoms with Crippen LogP contribution in [0.15, 0.2) is 16.9 Å². The number of pyridine rings is 1. The molecule has 0 aliphatic carbocycles. The maximum atomic E-state index is 11.3. The van der Waals surface area contributed by atoms with Gasteiger partial charge in [-0.1, -0.05) is 0 Å². The van der Waals surface area contributed by atoms with Crippen molar-refractivity contribution in [2.24, 2.45) is 0 Å². The molecule has 0 unspecified atom stereocenters. The van der Waals surface area contributed by atoms with E-state index in [0.29, 0.717) is 16.6 Å². The smallest absolute Gasteiger partial charge is 0.340 e. The highest BCUT2D eigenvalue weighted by molar-refractivity contribution is 9.10. The number of halogens is 1. The van der Waals surface area contributed by atoms with Crippen molar-refractivity contribution in [3.63, 3.8) is 0 Å². The van der Waals surface area contributed by atoms with Crippen LogP contribution >= 0.6 is 15.9 Å². The molecule has 0 radical (unpaired) electrons. The molecule has 1 aromatic heterocycles. The minimum absolute atomic E-state index is 0.269. The lowest BCUT2D eigenvalue weighted by Crippen LogP contribution is -2.06. The first-order valence-corrected chi connectivity index (χ1v) is 4.70. The van der Waals surface area contributed by atoms with Crippen molar-refractivity contribution in [2.45, 2.75) is 6.92 Å². The highest BCUT2D eigenvalue weighted by Crippen LogP contribution is 2.20. The summed E-state index contributed by atoms with van der Waals surface area (Å²) in [7, 11) is 0. The number of nitriles is 1. The SMILES string of the molecule is CCOC(=O)c1cncc(C#N)c1Br. The molecule has 5 heteroatoms. The number of nitrogens with zero attached hydrogens (tertiary/aromatic N) is 2. The molecule has 72 valence electrons. The number of hydrogen-bond acceptors (Lipinski definition) is 4. The second-order valence-corrected chi connectivity index (χ2v) is 3.17. The third-order valence-electron chi connectivity index (χ3n) is 1.50. The van der Waals surface area contributed by atoms with E-state index >= 15 is 0 Å². The van der Waals surface area contributed by atoms with Gasteiger partial charge in [0, 0.05) is 12.4 Å². The first-order chi connectivity index (χ1) is 6.70. The summed E-state index contributed by atoms with van der Waals surface area (Å²) in [5.41, 5.74) is 0.585. The minimum Gasteiger partial charge on any atom is -0.462 e. The molecule has 0 fully saturated rings. The van der Waals surface area contributed by atoms with E-state index in [1.807, 2.05) is 6.07 Å². The quantitative estimate of drug-likeness (QED) is 0.757. The van der Waals surface area contributed by atoms with Crippen LogP contribution in [0, 0.1) is 11.3 Å². The van der Waals surface area contributed by atoms with Crippen molar-refractivity contribution in [1.82, 2.24) is 4.98 Å². The van der Waals surface area contributed by atoms with Gasteiger partial charge in [0.2, 0.25) is 0 Å². The maximum Gasteiger partial charge on any atom is 0.340 e. The summed E-state index contributed by atoms with van der Waals surface area (Å²) < 4.78 is 5.21. The molecule has 0 aliphatic heterocycles. The molecule has 1 aromatic rings. The van der Waals surface area contributed by atoms with E-state index in [2.05, 4.69) is 20.9 Å². The van der Waals surface area contributed by atoms with Crippen molar-refractivity contribution < 1.29 is 9.53 Å². The van der Waals surface area contributed by atoms with Crippen molar-refractivity contribution in [3.05, 3.63) is 28.0 Å². The molecular formula is C9H7BrN2O2. The van der Waals surface area contributed by atoms with E-state index in [-0.39, 0.29) is 5.56 Å². The Morgan fingerprint density at radius 3 is 3.00 bits per heavy atom. The monoisotopic (exact) mass is 254 g/mol. The topological polar surface area (TPSA) is 63.0 Å². The highest BCUT2D eigenvalue weighted by Gasteiger charge is 2.14. The Hall–Kier alpha value is -1.41. The Bertz CT molecular complexity index is 398. The minimum atomic E-state index is -0.482. The van der Waals surface area contributed by atoms with Crippen LogP contribution in [0.3, 0.4) is 0 Å². The van der Waals surface area contributed by atoms with Gasteiger partial charge in [0.05, 0.1) is 22.2 Å². The zero-order valence-corrected chi connectivity index (χ0v) is 9.04. The van der Waals surface area contributed by atoms with Crippen LogP contribution in [0.4, 0.5) is 0 Å². The molecule has 0 saturated heterocycles. The van der Waals surface area contributed by atoms with Crippen LogP contribution in [0.2, 0.25) is 0 Å². The summed E-state index contributed by atoms with van der Waals surface area (Å²) in [6, 6.07) is 1.92. The molecule has 0 amide bonds. The Morgan fingerprint density at radius 1 is 1.71 bits per heavy atom. The van der Waals surface area contributed by atoms with Crippen molar-refractivity contribution >= 4 is 21.9 Å². The zero-order chi connectivity index (χ0) is 10.6. The molecule has 0 bridgehead atoms. The van der Waals surface area contributed by atoms with Crippen molar-refractivity contribution in [3.8, 4) is 6.07 Å². The first kappa shape index (κ1) is 10.7. The summed E-state index contributed by atoms with van der Waals surface area (Å²) in [5, 5.41) is 8.68. The lowest BCUT2D eigenvalue weighted by atomic mass is 10.2. The summed E-state index contributed by atoms with van der Waals surface area (Å²) in [4.78, 5) is 15.1. The van der Waals surface area contributed by atoms with Crippen LogP contribution in [0.5, 0.6) is 0 Å². The number of esters is 1. The predicted molar refractivity (Wildman–Crippen MR) is 52.6 cm³/mol. The summed E-state index contributed by atoms with van der Waals surface area (Å²) >= 11 is 3.15. The normalized spacial score (nSPS) is 9.21. The lowest BCUT2D eigenvalue weighted by molar-refractivity contribution is 0.0524. The average molecular weight is 255 g/mol. The van der Waals surface area contributed by atoms with Gasteiger partial charge in [0.25, 0.3) is 0 Å². The van der Waals surface area contributed by atoms with Gasteiger partial charge < -0.3 is 4.74 Å². The molecule has 1 heterocycles. The van der Waals surface area contributed by atoms with Gasteiger partial charge >= 0.3 is 5.97 Å². The zero-order valence-electron chi connectivity index (χ0n) is 7.45. The molecule has 0 atom stereocenters. The third-order valence-corrected chi connectivity index (χ3v) is 2.35. The van der Waals surface area contributed by atoms with Gasteiger partial charge in [-0.3, -0.25) is 4.98 Å². The van der Waals surface area contributed by atoms with Crippen LogP contribution in [-0.2, 0) is 4.74 Å². The Kier molecular flexibility index (Phi) is 3.60. The largest absolute Gasteiger partial charge is 0.462 e. The molecule has 0 saturated carbocycles. The van der Waals surface area contributed by atoms with Gasteiger partial charge in [-0.05, 0) is 22.9 Å². The number of rotatable bonds is 2. The number of carbonyl (C=O) groups is 1. The number of hydrogen-bond donors (Lipinski definition) is 0. The Balaban J connectivity index is 3.11. The fourth-order valence-electron chi connectivity index (χ4n) is 0.874. The molecule has 0 aromatic carbocycles. The lowest BCUT2D eigenvalue weighted by Gasteiger charge is -2.03. The molecule has 1 rings (SSSR count). The molecule has 0 spiro atoms. The van der Waals surface area contributed by atoms with Gasteiger partial charge in [-0.25, -0.2) is 4.79 Å². The number of carbonyl (C=O) groups excluding carboxylic acids is 1. The fourth-order valence-corrected chi connectivity index (χ4v) is 1.33. The predicted octanol–water partition coefficient (Wildman–Crippen LogP) is 1.89. The summed E-state index contributed by atoms with van der Waals surface area (Å²) in [5.74, 6) is -0.482. The molecule has 4 nitrogen and oxygen atoms in total. The van der Waals surface area contributed by atoms with E-state index in [9.17, 15) is 4.79 Å². The van der Waals surface area contributed by atoms with Crippen LogP contribution < -0.4 is 0 Å². The van der Waals surface area contributed by atoms with Crippen LogP contribution in [0.25, 0.3) is 0 Å². The van der Waals surface area contributed by atoms with Gasteiger partial charge in [0.15, 0.2) is 0 Å². The Labute approximate surface area is 89.6 Å². The first-order valence-electron chi connectivity index (χ1n) is 3.91. The number of ether oxygens (including phenoxy) is 1. The van der Waals surface area contributed by atoms with E-state index in [1.54, 1.807) is 6.92 Å². The second-order valence-electron chi connectivity index (χ2n) is 2.38. The maximum absolute atomic E-state index is 11.3. The average Bonchev–Trinajstić information content (AvgIpc) is 2.18. The van der Waals surface area contributed by atoms with E-state index in [4.69, 9.17) is 10.00 Å². The van der Waals surface area contributed by atoms with Crippen molar-refractivity contribution in [1.29, 1.82) is 5.26 Å². The van der Waals surface area contributed by atoms with Crippen LogP contribution in [0.1, 0.15) is 22.8 Å². The van der Waals surface area contributed by atoms with Crippen molar-refractivity contribution in [2.75, 3.05) is 6.61 Å². The van der Waals surface area contributed by atoms with Gasteiger partial charge in [-0.2, -0.15) is 5.26 Å². The molecule has 0 aliphatic rings. The van der Waals surface area contributed by atoms with Crippen LogP contribution in [-0.4, -0.2) is 17.6 Å². The van der Waals surface area contributed by atoms with E-state index in [0.717, 1.165) is 0 Å². The van der Waals surface area contributed by atoms with Gasteiger partial charge in [0.1, 0.15) is 6.07 Å². The van der Waals surface area contributed by atoms with Gasteiger partial charge in [-0.15, -0.1) is 0 Å². The second kappa shape index (κ2) is 4.72. The number of aromatic nitrogens is 1. The molecule has 0 N–H and O–H groups in total. The standard InChI is InChI=1S/C9H7BrN2O2/c1-2-14-9(13)7-5-12-4-6(3-11)8(7)10/h4-5H,2H2,1H3. The fraction of sp³-hybridized carbons (Fsp3) is 0.222. The van der Waals surface area contributed by atoms with E-state index < -0.39 is 5.97 Å². The third kappa shape index (κ3) is 2.09. The summed E-state index contributed by atoms with van der Waals surface area (Å²) in [6.45, 7) is 2.01. The highest BCUT2D eigenvalue weighted by atomic mass is 79.9. The Morgan fingerprint density at radius 2 is 2.43 bits per heavy atom.